The molecule has 0 spiro atoms. The zero-order chi connectivity index (χ0) is 9.07. The van der Waals surface area contributed by atoms with Crippen molar-refractivity contribution < 1.29 is 9.53 Å². The summed E-state index contributed by atoms with van der Waals surface area (Å²) in [4.78, 5) is 13.0. The lowest BCUT2D eigenvalue weighted by molar-refractivity contribution is -0.150. The molecule has 66 valence electrons. The van der Waals surface area contributed by atoms with Crippen LogP contribution in [0.15, 0.2) is 0 Å². The normalized spacial score (nSPS) is 15.7. The highest BCUT2D eigenvalue weighted by molar-refractivity contribution is 5.84. The zero-order valence-electron chi connectivity index (χ0n) is 7.97. The zero-order valence-corrected chi connectivity index (χ0v) is 7.97. The molecular weight excluding hydrogens is 142 g/mol. The van der Waals surface area contributed by atoms with Crippen molar-refractivity contribution in [3.8, 4) is 0 Å². The van der Waals surface area contributed by atoms with Gasteiger partial charge in [-0.3, -0.25) is 4.79 Å². The summed E-state index contributed by atoms with van der Waals surface area (Å²) < 4.78 is 5.12. The first-order valence-corrected chi connectivity index (χ1v) is 3.75. The van der Waals surface area contributed by atoms with Gasteiger partial charge in [0.1, 0.15) is 5.60 Å². The van der Waals surface area contributed by atoms with E-state index in [2.05, 4.69) is 0 Å². The van der Waals surface area contributed by atoms with Crippen molar-refractivity contribution in [1.82, 2.24) is 4.90 Å². The minimum absolute atomic E-state index is 0.0162. The maximum Gasteiger partial charge on any atom is 0.253 e. The minimum Gasteiger partial charge on any atom is -0.369 e. The van der Waals surface area contributed by atoms with Crippen LogP contribution >= 0.6 is 0 Å². The minimum atomic E-state index is -0.649. The van der Waals surface area contributed by atoms with Crippen molar-refractivity contribution in [2.24, 2.45) is 0 Å². The second kappa shape index (κ2) is 3.72. The molecule has 0 aromatic carbocycles. The predicted molar refractivity (Wildman–Crippen MR) is 44.4 cm³/mol. The van der Waals surface area contributed by atoms with E-state index in [9.17, 15) is 4.79 Å². The SMILES string of the molecule is CCC(C)(OC)C(=O)N(C)C. The Balaban J connectivity index is 4.37. The molecule has 1 atom stereocenters. The number of hydrogen-bond donors (Lipinski definition) is 0. The van der Waals surface area contributed by atoms with E-state index in [-0.39, 0.29) is 5.91 Å². The molecule has 0 N–H and O–H groups in total. The van der Waals surface area contributed by atoms with Gasteiger partial charge in [-0.15, -0.1) is 0 Å². The fraction of sp³-hybridized carbons (Fsp3) is 0.875. The number of rotatable bonds is 3. The quantitative estimate of drug-likeness (QED) is 0.612. The van der Waals surface area contributed by atoms with E-state index in [0.717, 1.165) is 0 Å². The second-order valence-corrected chi connectivity index (χ2v) is 2.99. The van der Waals surface area contributed by atoms with Gasteiger partial charge in [0.05, 0.1) is 0 Å². The van der Waals surface area contributed by atoms with Crippen molar-refractivity contribution in [3.05, 3.63) is 0 Å². The van der Waals surface area contributed by atoms with Gasteiger partial charge in [-0.25, -0.2) is 0 Å². The van der Waals surface area contributed by atoms with Crippen molar-refractivity contribution in [2.45, 2.75) is 25.9 Å². The summed E-state index contributed by atoms with van der Waals surface area (Å²) in [5.74, 6) is 0.0162. The molecule has 0 aromatic rings. The van der Waals surface area contributed by atoms with Crippen molar-refractivity contribution in [3.63, 3.8) is 0 Å². The van der Waals surface area contributed by atoms with Crippen LogP contribution in [0.4, 0.5) is 0 Å². The van der Waals surface area contributed by atoms with E-state index in [1.54, 1.807) is 33.0 Å². The number of amides is 1. The Kier molecular flexibility index (Phi) is 3.52. The lowest BCUT2D eigenvalue weighted by Gasteiger charge is -2.28. The van der Waals surface area contributed by atoms with Crippen LogP contribution in [0.3, 0.4) is 0 Å². The van der Waals surface area contributed by atoms with Crippen molar-refractivity contribution in [1.29, 1.82) is 0 Å². The number of ether oxygens (including phenoxy) is 1. The molecule has 0 fully saturated rings. The van der Waals surface area contributed by atoms with Gasteiger partial charge in [-0.2, -0.15) is 0 Å². The highest BCUT2D eigenvalue weighted by Gasteiger charge is 2.31. The highest BCUT2D eigenvalue weighted by Crippen LogP contribution is 2.15. The van der Waals surface area contributed by atoms with Gasteiger partial charge in [0.15, 0.2) is 0 Å². The summed E-state index contributed by atoms with van der Waals surface area (Å²) in [5, 5.41) is 0. The topological polar surface area (TPSA) is 29.5 Å². The first kappa shape index (κ1) is 10.4. The van der Waals surface area contributed by atoms with Gasteiger partial charge >= 0.3 is 0 Å². The summed E-state index contributed by atoms with van der Waals surface area (Å²) in [6.07, 6.45) is 0.695. The monoisotopic (exact) mass is 159 g/mol. The molecule has 0 saturated heterocycles. The molecule has 0 rings (SSSR count). The number of carbonyl (C=O) groups is 1. The Bertz CT molecular complexity index is 139. The lowest BCUT2D eigenvalue weighted by Crippen LogP contribution is -2.44. The Labute approximate surface area is 68.3 Å². The third-order valence-electron chi connectivity index (χ3n) is 1.98. The lowest BCUT2D eigenvalue weighted by atomic mass is 10.0. The first-order valence-electron chi connectivity index (χ1n) is 3.75. The summed E-state index contributed by atoms with van der Waals surface area (Å²) >= 11 is 0. The van der Waals surface area contributed by atoms with Crippen LogP contribution in [0.5, 0.6) is 0 Å². The Hall–Kier alpha value is -0.570. The second-order valence-electron chi connectivity index (χ2n) is 2.99. The van der Waals surface area contributed by atoms with E-state index in [1.807, 2.05) is 6.92 Å². The summed E-state index contributed by atoms with van der Waals surface area (Å²) in [6, 6.07) is 0. The molecule has 1 amide bonds. The third kappa shape index (κ3) is 2.19. The van der Waals surface area contributed by atoms with Crippen molar-refractivity contribution in [2.75, 3.05) is 21.2 Å². The van der Waals surface area contributed by atoms with Crippen molar-refractivity contribution >= 4 is 5.91 Å². The molecule has 0 bridgehead atoms. The highest BCUT2D eigenvalue weighted by atomic mass is 16.5. The summed E-state index contributed by atoms with van der Waals surface area (Å²) in [6.45, 7) is 3.74. The molecule has 3 nitrogen and oxygen atoms in total. The molecule has 0 aromatic heterocycles. The number of hydrogen-bond acceptors (Lipinski definition) is 2. The number of nitrogens with zero attached hydrogens (tertiary/aromatic N) is 1. The average molecular weight is 159 g/mol. The van der Waals surface area contributed by atoms with Gasteiger partial charge in [0.2, 0.25) is 0 Å². The van der Waals surface area contributed by atoms with Crippen LogP contribution in [-0.4, -0.2) is 37.6 Å². The fourth-order valence-corrected chi connectivity index (χ4v) is 0.856. The maximum atomic E-state index is 11.4. The Morgan fingerprint density at radius 2 is 2.00 bits per heavy atom. The van der Waals surface area contributed by atoms with Gasteiger partial charge in [0.25, 0.3) is 5.91 Å². The Morgan fingerprint density at radius 3 is 2.09 bits per heavy atom. The van der Waals surface area contributed by atoms with E-state index in [0.29, 0.717) is 6.42 Å². The van der Waals surface area contributed by atoms with Crippen LogP contribution in [0.1, 0.15) is 20.3 Å². The largest absolute Gasteiger partial charge is 0.369 e. The van der Waals surface area contributed by atoms with E-state index >= 15 is 0 Å². The predicted octanol–water partition coefficient (Wildman–Crippen LogP) is 0.890. The van der Waals surface area contributed by atoms with Crippen LogP contribution in [-0.2, 0) is 9.53 Å². The van der Waals surface area contributed by atoms with Crippen LogP contribution in [0.25, 0.3) is 0 Å². The number of carbonyl (C=O) groups excluding carboxylic acids is 1. The van der Waals surface area contributed by atoms with Gasteiger partial charge in [0, 0.05) is 21.2 Å². The molecular formula is C8H17NO2. The average Bonchev–Trinajstić information content (AvgIpc) is 2.01. The molecule has 0 aliphatic carbocycles. The maximum absolute atomic E-state index is 11.4. The molecule has 0 aliphatic heterocycles. The third-order valence-corrected chi connectivity index (χ3v) is 1.98. The standard InChI is InChI=1S/C8H17NO2/c1-6-8(2,11-5)7(10)9(3)4/h6H2,1-5H3. The van der Waals surface area contributed by atoms with Crippen LogP contribution in [0, 0.1) is 0 Å². The van der Waals surface area contributed by atoms with E-state index in [1.165, 1.54) is 0 Å². The number of methoxy groups -OCH3 is 1. The smallest absolute Gasteiger partial charge is 0.253 e. The molecule has 0 heterocycles. The molecule has 1 unspecified atom stereocenters. The van der Waals surface area contributed by atoms with Gasteiger partial charge in [-0.05, 0) is 13.3 Å². The van der Waals surface area contributed by atoms with Crippen LogP contribution < -0.4 is 0 Å². The molecule has 0 aliphatic rings. The summed E-state index contributed by atoms with van der Waals surface area (Å²) in [7, 11) is 5.02. The molecule has 3 heteroatoms. The van der Waals surface area contributed by atoms with Gasteiger partial charge in [-0.1, -0.05) is 6.92 Å². The van der Waals surface area contributed by atoms with Crippen LogP contribution in [0.2, 0.25) is 0 Å². The summed E-state index contributed by atoms with van der Waals surface area (Å²) in [5.41, 5.74) is -0.649. The number of likely N-dealkylation sites (N-methyl/N-ethyl adjacent to an activating group) is 1. The van der Waals surface area contributed by atoms with E-state index < -0.39 is 5.60 Å². The first-order chi connectivity index (χ1) is 4.98. The molecule has 0 radical (unpaired) electrons. The van der Waals surface area contributed by atoms with Gasteiger partial charge < -0.3 is 9.64 Å². The fourth-order valence-electron chi connectivity index (χ4n) is 0.856. The molecule has 11 heavy (non-hydrogen) atoms. The van der Waals surface area contributed by atoms with E-state index in [4.69, 9.17) is 4.74 Å². The molecule has 0 saturated carbocycles. The Morgan fingerprint density at radius 1 is 1.55 bits per heavy atom.